The van der Waals surface area contributed by atoms with E-state index in [9.17, 15) is 14.7 Å². The van der Waals surface area contributed by atoms with E-state index < -0.39 is 11.7 Å². The number of carbonyl (C=O) groups excluding carboxylic acids is 2. The van der Waals surface area contributed by atoms with Crippen LogP contribution in [0.2, 0.25) is 0 Å². The fourth-order valence-electron chi connectivity index (χ4n) is 3.57. The molecule has 0 spiro atoms. The second-order valence-electron chi connectivity index (χ2n) is 8.15. The number of amidine groups is 1. The number of aliphatic imine (C=N–C) groups is 1. The second kappa shape index (κ2) is 8.75. The van der Waals surface area contributed by atoms with Crippen molar-refractivity contribution in [2.45, 2.75) is 51.7 Å². The van der Waals surface area contributed by atoms with Crippen molar-refractivity contribution in [3.05, 3.63) is 64.5 Å². The molecule has 158 valence electrons. The Balaban J connectivity index is 1.70. The van der Waals surface area contributed by atoms with Gasteiger partial charge in [0.05, 0.1) is 19.3 Å². The first-order valence-electron chi connectivity index (χ1n) is 9.85. The number of nitrogens with one attached hydrogen (secondary N) is 1. The topological polar surface area (TPSA) is 101 Å². The van der Waals surface area contributed by atoms with E-state index >= 15 is 0 Å². The molecule has 0 saturated heterocycles. The maximum absolute atomic E-state index is 12.8. The number of pyridine rings is 1. The predicted octanol–water partition coefficient (Wildman–Crippen LogP) is 3.06. The molecule has 0 aliphatic carbocycles. The summed E-state index contributed by atoms with van der Waals surface area (Å²) in [4.78, 5) is 32.9. The first kappa shape index (κ1) is 21.6. The minimum Gasteiger partial charge on any atom is -0.453 e. The number of nitrogens with zero attached hydrogens (tertiary/aromatic N) is 2. The lowest BCUT2D eigenvalue weighted by molar-refractivity contribution is -0.120. The quantitative estimate of drug-likeness (QED) is 0.764. The van der Waals surface area contributed by atoms with E-state index in [0.29, 0.717) is 18.1 Å². The molecule has 30 heavy (non-hydrogen) atoms. The Kier molecular flexibility index (Phi) is 6.31. The third kappa shape index (κ3) is 5.10. The maximum Gasteiger partial charge on any atom is 0.412 e. The number of aromatic nitrogens is 1. The van der Waals surface area contributed by atoms with Crippen molar-refractivity contribution in [2.24, 2.45) is 4.99 Å². The molecule has 7 heteroatoms. The molecular formula is C23H27N3O4. The lowest BCUT2D eigenvalue weighted by Gasteiger charge is -2.29. The number of hydrogen-bond acceptors (Lipinski definition) is 6. The standard InChI is InChI=1S/C23H27N3O4/c1-14-5-7-15(8-6-14)20(23(2,3)29)11-18(27)10-17-9-16-12-25-21(19(16)13-24-17)26-22(28)30-4/h5-9,13,20,29H,10-12H2,1-4H3,(H,25,26,28)/t20-/m0/s1. The van der Waals surface area contributed by atoms with Crippen LogP contribution in [0.15, 0.2) is 41.5 Å². The van der Waals surface area contributed by atoms with Crippen LogP contribution in [0.3, 0.4) is 0 Å². The Morgan fingerprint density at radius 2 is 1.97 bits per heavy atom. The number of fused-ring (bicyclic) bond motifs is 1. The first-order valence-corrected chi connectivity index (χ1v) is 9.85. The molecule has 1 aliphatic heterocycles. The summed E-state index contributed by atoms with van der Waals surface area (Å²) in [6, 6.07) is 9.74. The van der Waals surface area contributed by atoms with Gasteiger partial charge in [-0.05, 0) is 38.0 Å². The zero-order chi connectivity index (χ0) is 21.9. The van der Waals surface area contributed by atoms with Crippen LogP contribution < -0.4 is 5.32 Å². The molecule has 0 radical (unpaired) electrons. The van der Waals surface area contributed by atoms with Crippen LogP contribution in [-0.4, -0.2) is 40.5 Å². The summed E-state index contributed by atoms with van der Waals surface area (Å²) in [7, 11) is 1.29. The van der Waals surface area contributed by atoms with Crippen molar-refractivity contribution >= 4 is 17.7 Å². The fourth-order valence-corrected chi connectivity index (χ4v) is 3.57. The number of methoxy groups -OCH3 is 1. The summed E-state index contributed by atoms with van der Waals surface area (Å²) >= 11 is 0. The fraction of sp³-hybridized carbons (Fsp3) is 0.391. The number of alkyl carbamates (subject to hydrolysis) is 1. The molecule has 0 saturated carbocycles. The summed E-state index contributed by atoms with van der Waals surface area (Å²) < 4.78 is 4.59. The molecule has 0 fully saturated rings. The van der Waals surface area contributed by atoms with E-state index in [-0.39, 0.29) is 24.5 Å². The third-order valence-electron chi connectivity index (χ3n) is 5.26. The van der Waals surface area contributed by atoms with E-state index in [1.807, 2.05) is 37.3 Å². The molecule has 2 heterocycles. The molecule has 2 N–H and O–H groups in total. The molecule has 1 amide bonds. The van der Waals surface area contributed by atoms with E-state index in [0.717, 1.165) is 22.3 Å². The minimum atomic E-state index is -1.03. The van der Waals surface area contributed by atoms with Gasteiger partial charge in [-0.15, -0.1) is 0 Å². The van der Waals surface area contributed by atoms with Crippen molar-refractivity contribution in [1.82, 2.24) is 10.3 Å². The van der Waals surface area contributed by atoms with Gasteiger partial charge in [-0.3, -0.25) is 20.1 Å². The number of Topliss-reactive ketones (excluding diaryl/α,β-unsaturated/α-hetero) is 1. The molecule has 0 unspecified atom stereocenters. The minimum absolute atomic E-state index is 0.00183. The summed E-state index contributed by atoms with van der Waals surface area (Å²) in [5, 5.41) is 13.2. The van der Waals surface area contributed by atoms with Crippen LogP contribution in [-0.2, 0) is 22.5 Å². The van der Waals surface area contributed by atoms with Crippen LogP contribution in [0.25, 0.3) is 0 Å². The molecule has 0 bridgehead atoms. The second-order valence-corrected chi connectivity index (χ2v) is 8.15. The highest BCUT2D eigenvalue weighted by molar-refractivity contribution is 6.08. The zero-order valence-corrected chi connectivity index (χ0v) is 17.7. The molecule has 1 aromatic heterocycles. The zero-order valence-electron chi connectivity index (χ0n) is 17.7. The van der Waals surface area contributed by atoms with Gasteiger partial charge in [-0.2, -0.15) is 0 Å². The van der Waals surface area contributed by atoms with Crippen molar-refractivity contribution < 1.29 is 19.4 Å². The lowest BCUT2D eigenvalue weighted by atomic mass is 9.80. The van der Waals surface area contributed by atoms with Gasteiger partial charge in [0.2, 0.25) is 0 Å². The Labute approximate surface area is 176 Å². The van der Waals surface area contributed by atoms with Crippen molar-refractivity contribution in [1.29, 1.82) is 0 Å². The average Bonchev–Trinajstić information content (AvgIpc) is 3.08. The molecule has 1 atom stereocenters. The van der Waals surface area contributed by atoms with E-state index in [1.165, 1.54) is 7.11 Å². The van der Waals surface area contributed by atoms with Gasteiger partial charge in [0.25, 0.3) is 0 Å². The van der Waals surface area contributed by atoms with Gasteiger partial charge in [-0.25, -0.2) is 4.79 Å². The summed E-state index contributed by atoms with van der Waals surface area (Å²) in [6.45, 7) is 5.87. The molecule has 1 aliphatic rings. The first-order chi connectivity index (χ1) is 14.2. The molecular weight excluding hydrogens is 382 g/mol. The van der Waals surface area contributed by atoms with Crippen LogP contribution in [0.4, 0.5) is 4.79 Å². The van der Waals surface area contributed by atoms with E-state index in [1.54, 1.807) is 20.0 Å². The highest BCUT2D eigenvalue weighted by Crippen LogP contribution is 2.32. The summed E-state index contributed by atoms with van der Waals surface area (Å²) in [5.74, 6) is 0.116. The van der Waals surface area contributed by atoms with Gasteiger partial charge in [0.15, 0.2) is 0 Å². The van der Waals surface area contributed by atoms with Crippen LogP contribution in [0.1, 0.15) is 54.1 Å². The Bertz CT molecular complexity index is 975. The largest absolute Gasteiger partial charge is 0.453 e. The number of ether oxygens (including phenoxy) is 1. The summed E-state index contributed by atoms with van der Waals surface area (Å²) in [5.41, 5.74) is 3.31. The lowest BCUT2D eigenvalue weighted by Crippen LogP contribution is -2.31. The van der Waals surface area contributed by atoms with E-state index in [4.69, 9.17) is 0 Å². The smallest absolute Gasteiger partial charge is 0.412 e. The van der Waals surface area contributed by atoms with Crippen molar-refractivity contribution in [3.8, 4) is 0 Å². The average molecular weight is 409 g/mol. The number of rotatable bonds is 6. The number of hydrogen-bond donors (Lipinski definition) is 2. The Hall–Kier alpha value is -3.06. The van der Waals surface area contributed by atoms with Crippen LogP contribution in [0.5, 0.6) is 0 Å². The molecule has 7 nitrogen and oxygen atoms in total. The Morgan fingerprint density at radius 1 is 1.27 bits per heavy atom. The monoisotopic (exact) mass is 409 g/mol. The van der Waals surface area contributed by atoms with Crippen molar-refractivity contribution in [2.75, 3.05) is 7.11 Å². The van der Waals surface area contributed by atoms with Gasteiger partial charge in [0, 0.05) is 36.2 Å². The number of carbonyl (C=O) groups is 2. The highest BCUT2D eigenvalue weighted by atomic mass is 16.5. The normalized spacial score (nSPS) is 14.0. The predicted molar refractivity (Wildman–Crippen MR) is 114 cm³/mol. The third-order valence-corrected chi connectivity index (χ3v) is 5.26. The Morgan fingerprint density at radius 3 is 2.60 bits per heavy atom. The SMILES string of the molecule is COC(=O)NC1=NCc2cc(CC(=O)C[C@@H](c3ccc(C)cc3)C(C)(C)O)ncc21. The van der Waals surface area contributed by atoms with Crippen LogP contribution in [0, 0.1) is 6.92 Å². The highest BCUT2D eigenvalue weighted by Gasteiger charge is 2.30. The molecule has 2 aromatic rings. The number of amides is 1. The maximum atomic E-state index is 12.8. The van der Waals surface area contributed by atoms with Gasteiger partial charge < -0.3 is 9.84 Å². The number of benzene rings is 1. The van der Waals surface area contributed by atoms with Gasteiger partial charge >= 0.3 is 6.09 Å². The molecule has 3 rings (SSSR count). The summed E-state index contributed by atoms with van der Waals surface area (Å²) in [6.07, 6.45) is 1.42. The van der Waals surface area contributed by atoms with Crippen molar-refractivity contribution in [3.63, 3.8) is 0 Å². The molecule has 1 aromatic carbocycles. The van der Waals surface area contributed by atoms with E-state index in [2.05, 4.69) is 20.0 Å². The number of aliphatic hydroxyl groups is 1. The van der Waals surface area contributed by atoms with Gasteiger partial charge in [-0.1, -0.05) is 29.8 Å². The van der Waals surface area contributed by atoms with Gasteiger partial charge in [0.1, 0.15) is 11.6 Å². The number of ketones is 1. The number of aryl methyl sites for hydroxylation is 1. The van der Waals surface area contributed by atoms with Crippen LogP contribution >= 0.6 is 0 Å².